The van der Waals surface area contributed by atoms with Crippen molar-refractivity contribution in [2.24, 2.45) is 0 Å². The summed E-state index contributed by atoms with van der Waals surface area (Å²) in [4.78, 5) is 17.0. The molecule has 144 valence electrons. The van der Waals surface area contributed by atoms with Crippen LogP contribution in [0.3, 0.4) is 0 Å². The van der Waals surface area contributed by atoms with E-state index in [1.807, 2.05) is 54.3 Å². The Balaban J connectivity index is 1.60. The number of hydrogen-bond donors (Lipinski definition) is 0. The third-order valence-electron chi connectivity index (χ3n) is 5.11. The predicted molar refractivity (Wildman–Crippen MR) is 111 cm³/mol. The zero-order valence-corrected chi connectivity index (χ0v) is 17.0. The molecule has 5 heteroatoms. The Hall–Kier alpha value is -2.20. The van der Waals surface area contributed by atoms with Gasteiger partial charge >= 0.3 is 0 Å². The molecule has 0 saturated carbocycles. The van der Waals surface area contributed by atoms with Crippen LogP contribution in [0, 0.1) is 6.92 Å². The number of ether oxygens (including phenoxy) is 1. The topological polar surface area (TPSA) is 32.8 Å². The fourth-order valence-electron chi connectivity index (χ4n) is 3.50. The molecule has 3 rings (SSSR count). The van der Waals surface area contributed by atoms with Crippen molar-refractivity contribution >= 4 is 23.2 Å². The zero-order valence-electron chi connectivity index (χ0n) is 16.2. The second-order valence-electron chi connectivity index (χ2n) is 6.96. The van der Waals surface area contributed by atoms with Gasteiger partial charge in [-0.05, 0) is 49.6 Å². The molecule has 0 aromatic heterocycles. The number of carbonyl (C=O) groups excluding carboxylic acids is 1. The number of piperazine rings is 1. The van der Waals surface area contributed by atoms with Crippen LogP contribution in [0.15, 0.2) is 42.5 Å². The fraction of sp³-hybridized carbons (Fsp3) is 0.409. The van der Waals surface area contributed by atoms with Gasteiger partial charge in [-0.15, -0.1) is 0 Å². The SMILES string of the molecule is CCc1ccccc1O[C@H](C)C(=O)N1CCN(c2cc(Cl)ccc2C)CC1. The number of anilines is 1. The fourth-order valence-corrected chi connectivity index (χ4v) is 3.67. The Kier molecular flexibility index (Phi) is 6.27. The van der Waals surface area contributed by atoms with Gasteiger partial charge in [0, 0.05) is 36.9 Å². The van der Waals surface area contributed by atoms with Crippen LogP contribution in [0.25, 0.3) is 0 Å². The average Bonchev–Trinajstić information content (AvgIpc) is 2.69. The molecule has 1 atom stereocenters. The van der Waals surface area contributed by atoms with Crippen LogP contribution in [0.4, 0.5) is 5.69 Å². The third kappa shape index (κ3) is 4.56. The number of rotatable bonds is 5. The first-order valence-electron chi connectivity index (χ1n) is 9.54. The molecule has 0 aliphatic carbocycles. The van der Waals surface area contributed by atoms with Crippen molar-refractivity contribution in [1.82, 2.24) is 4.90 Å². The molecule has 2 aromatic rings. The van der Waals surface area contributed by atoms with E-state index in [1.165, 1.54) is 5.56 Å². The first-order valence-corrected chi connectivity index (χ1v) is 9.92. The molecule has 1 saturated heterocycles. The molecule has 2 aromatic carbocycles. The molecule has 1 aliphatic heterocycles. The lowest BCUT2D eigenvalue weighted by Crippen LogP contribution is -2.52. The maximum absolute atomic E-state index is 12.8. The number of para-hydroxylation sites is 1. The van der Waals surface area contributed by atoms with Gasteiger partial charge in [0.15, 0.2) is 6.10 Å². The second kappa shape index (κ2) is 8.66. The Bertz CT molecular complexity index is 801. The minimum atomic E-state index is -0.489. The summed E-state index contributed by atoms with van der Waals surface area (Å²) in [6.07, 6.45) is 0.395. The van der Waals surface area contributed by atoms with Gasteiger partial charge < -0.3 is 14.5 Å². The van der Waals surface area contributed by atoms with Crippen molar-refractivity contribution in [1.29, 1.82) is 0 Å². The van der Waals surface area contributed by atoms with Gasteiger partial charge in [0.1, 0.15) is 5.75 Å². The van der Waals surface area contributed by atoms with Crippen LogP contribution in [0.1, 0.15) is 25.0 Å². The minimum absolute atomic E-state index is 0.0448. The van der Waals surface area contributed by atoms with Crippen molar-refractivity contribution in [2.75, 3.05) is 31.1 Å². The number of nitrogens with zero attached hydrogens (tertiary/aromatic N) is 2. The summed E-state index contributed by atoms with van der Waals surface area (Å²) in [5, 5.41) is 0.741. The van der Waals surface area contributed by atoms with Crippen LogP contribution < -0.4 is 9.64 Å². The van der Waals surface area contributed by atoms with Gasteiger partial charge in [-0.3, -0.25) is 4.79 Å². The first-order chi connectivity index (χ1) is 13.0. The van der Waals surface area contributed by atoms with Crippen molar-refractivity contribution < 1.29 is 9.53 Å². The average molecular weight is 387 g/mol. The van der Waals surface area contributed by atoms with Crippen LogP contribution in [-0.4, -0.2) is 43.1 Å². The van der Waals surface area contributed by atoms with E-state index in [4.69, 9.17) is 16.3 Å². The molecular weight excluding hydrogens is 360 g/mol. The number of halogens is 1. The Morgan fingerprint density at radius 3 is 2.56 bits per heavy atom. The maximum atomic E-state index is 12.8. The van der Waals surface area contributed by atoms with Crippen LogP contribution in [0.5, 0.6) is 5.75 Å². The molecule has 0 bridgehead atoms. The standard InChI is InChI=1S/C22H27ClN2O2/c1-4-18-7-5-6-8-21(18)27-17(3)22(26)25-13-11-24(12-14-25)20-15-19(23)10-9-16(20)2/h5-10,15,17H,4,11-14H2,1-3H3/t17-/m1/s1. The lowest BCUT2D eigenvalue weighted by Gasteiger charge is -2.37. The van der Waals surface area contributed by atoms with E-state index in [0.29, 0.717) is 13.1 Å². The molecule has 1 fully saturated rings. The lowest BCUT2D eigenvalue weighted by molar-refractivity contribution is -0.138. The largest absolute Gasteiger partial charge is 0.481 e. The lowest BCUT2D eigenvalue weighted by atomic mass is 10.1. The molecule has 0 N–H and O–H groups in total. The highest BCUT2D eigenvalue weighted by Crippen LogP contribution is 2.26. The van der Waals surface area contributed by atoms with E-state index in [9.17, 15) is 4.79 Å². The highest BCUT2D eigenvalue weighted by molar-refractivity contribution is 6.30. The molecule has 0 unspecified atom stereocenters. The van der Waals surface area contributed by atoms with Gasteiger partial charge in [-0.1, -0.05) is 42.8 Å². The van der Waals surface area contributed by atoms with Crippen molar-refractivity contribution in [3.63, 3.8) is 0 Å². The van der Waals surface area contributed by atoms with E-state index >= 15 is 0 Å². The molecule has 27 heavy (non-hydrogen) atoms. The predicted octanol–water partition coefficient (Wildman–Crippen LogP) is 4.33. The first kappa shape index (κ1) is 19.6. The summed E-state index contributed by atoms with van der Waals surface area (Å²) >= 11 is 6.15. The Labute approximate surface area is 166 Å². The Morgan fingerprint density at radius 1 is 1.15 bits per heavy atom. The minimum Gasteiger partial charge on any atom is -0.481 e. The summed E-state index contributed by atoms with van der Waals surface area (Å²) in [5.74, 6) is 0.845. The summed E-state index contributed by atoms with van der Waals surface area (Å²) in [7, 11) is 0. The summed E-state index contributed by atoms with van der Waals surface area (Å²) in [6, 6.07) is 13.9. The second-order valence-corrected chi connectivity index (χ2v) is 7.40. The molecular formula is C22H27ClN2O2. The van der Waals surface area contributed by atoms with Crippen molar-refractivity contribution in [2.45, 2.75) is 33.3 Å². The zero-order chi connectivity index (χ0) is 19.4. The van der Waals surface area contributed by atoms with Gasteiger partial charge in [0.25, 0.3) is 5.91 Å². The van der Waals surface area contributed by atoms with Crippen LogP contribution in [-0.2, 0) is 11.2 Å². The molecule has 0 spiro atoms. The van der Waals surface area contributed by atoms with Crippen LogP contribution >= 0.6 is 11.6 Å². The number of benzene rings is 2. The van der Waals surface area contributed by atoms with Crippen LogP contribution in [0.2, 0.25) is 5.02 Å². The number of amides is 1. The summed E-state index contributed by atoms with van der Waals surface area (Å²) < 4.78 is 5.98. The molecule has 0 radical (unpaired) electrons. The number of hydrogen-bond acceptors (Lipinski definition) is 3. The van der Waals surface area contributed by atoms with Gasteiger partial charge in [0.05, 0.1) is 0 Å². The van der Waals surface area contributed by atoms with Gasteiger partial charge in [0.2, 0.25) is 0 Å². The molecule has 1 amide bonds. The van der Waals surface area contributed by atoms with E-state index in [-0.39, 0.29) is 5.91 Å². The quantitative estimate of drug-likeness (QED) is 0.766. The third-order valence-corrected chi connectivity index (χ3v) is 5.34. The monoisotopic (exact) mass is 386 g/mol. The van der Waals surface area contributed by atoms with E-state index in [2.05, 4.69) is 18.7 Å². The highest BCUT2D eigenvalue weighted by atomic mass is 35.5. The normalized spacial score (nSPS) is 15.6. The van der Waals surface area contributed by atoms with E-state index in [0.717, 1.165) is 41.5 Å². The summed E-state index contributed by atoms with van der Waals surface area (Å²) in [5.41, 5.74) is 3.47. The molecule has 1 aliphatic rings. The van der Waals surface area contributed by atoms with Gasteiger partial charge in [-0.2, -0.15) is 0 Å². The smallest absolute Gasteiger partial charge is 0.263 e. The molecule has 1 heterocycles. The van der Waals surface area contributed by atoms with E-state index < -0.39 is 6.10 Å². The van der Waals surface area contributed by atoms with E-state index in [1.54, 1.807) is 0 Å². The maximum Gasteiger partial charge on any atom is 0.263 e. The highest BCUT2D eigenvalue weighted by Gasteiger charge is 2.27. The Morgan fingerprint density at radius 2 is 1.85 bits per heavy atom. The number of carbonyl (C=O) groups is 1. The summed E-state index contributed by atoms with van der Waals surface area (Å²) in [6.45, 7) is 8.98. The van der Waals surface area contributed by atoms with Crippen molar-refractivity contribution in [3.8, 4) is 5.75 Å². The van der Waals surface area contributed by atoms with Gasteiger partial charge in [-0.25, -0.2) is 0 Å². The number of aryl methyl sites for hydroxylation is 2. The molecule has 4 nitrogen and oxygen atoms in total. The van der Waals surface area contributed by atoms with Crippen molar-refractivity contribution in [3.05, 3.63) is 58.6 Å².